The van der Waals surface area contributed by atoms with Gasteiger partial charge in [0.05, 0.1) is 27.8 Å². The van der Waals surface area contributed by atoms with Crippen molar-refractivity contribution in [3.8, 4) is 5.75 Å². The minimum atomic E-state index is -3.94. The Labute approximate surface area is 161 Å². The Balaban J connectivity index is 2.00. The summed E-state index contributed by atoms with van der Waals surface area (Å²) in [5.41, 5.74) is 0.584. The molecule has 1 amide bonds. The maximum absolute atomic E-state index is 12.7. The molecular weight excluding hydrogens is 399 g/mol. The Kier molecular flexibility index (Phi) is 5.05. The van der Waals surface area contributed by atoms with Crippen LogP contribution in [0.25, 0.3) is 0 Å². The monoisotopic (exact) mass is 414 g/mol. The molecule has 0 spiro atoms. The number of halogens is 2. The highest BCUT2D eigenvalue weighted by molar-refractivity contribution is 7.92. The van der Waals surface area contributed by atoms with E-state index in [9.17, 15) is 13.2 Å². The van der Waals surface area contributed by atoms with Crippen LogP contribution in [0.5, 0.6) is 5.75 Å². The first-order valence-electron chi connectivity index (χ1n) is 7.74. The average Bonchev–Trinajstić information content (AvgIpc) is 2.56. The third kappa shape index (κ3) is 3.75. The predicted octanol–water partition coefficient (Wildman–Crippen LogP) is 3.93. The summed E-state index contributed by atoms with van der Waals surface area (Å²) < 4.78 is 33.6. The molecule has 0 bridgehead atoms. The lowest BCUT2D eigenvalue weighted by atomic mass is 10.2. The van der Waals surface area contributed by atoms with Gasteiger partial charge in [-0.05, 0) is 43.3 Å². The van der Waals surface area contributed by atoms with E-state index in [-0.39, 0.29) is 27.6 Å². The molecule has 1 heterocycles. The number of anilines is 2. The van der Waals surface area contributed by atoms with Crippen molar-refractivity contribution < 1.29 is 17.9 Å². The molecule has 2 aromatic carbocycles. The molecule has 0 radical (unpaired) electrons. The zero-order valence-corrected chi connectivity index (χ0v) is 16.3. The topological polar surface area (TPSA) is 75.7 Å². The summed E-state index contributed by atoms with van der Waals surface area (Å²) in [6.45, 7) is 3.61. The third-order valence-corrected chi connectivity index (χ3v) is 5.78. The number of rotatable bonds is 3. The molecule has 138 valence electrons. The lowest BCUT2D eigenvalue weighted by molar-refractivity contribution is -0.117. The van der Waals surface area contributed by atoms with Gasteiger partial charge in [-0.2, -0.15) is 0 Å². The fourth-order valence-corrected chi connectivity index (χ4v) is 4.15. The average molecular weight is 415 g/mol. The van der Waals surface area contributed by atoms with Crippen LogP contribution in [0.1, 0.15) is 13.8 Å². The van der Waals surface area contributed by atoms with Crippen molar-refractivity contribution in [3.63, 3.8) is 0 Å². The third-order valence-electron chi connectivity index (χ3n) is 3.85. The van der Waals surface area contributed by atoms with Crippen LogP contribution in [-0.4, -0.2) is 27.0 Å². The van der Waals surface area contributed by atoms with Crippen LogP contribution in [-0.2, 0) is 14.8 Å². The highest BCUT2D eigenvalue weighted by atomic mass is 35.5. The maximum atomic E-state index is 12.7. The molecule has 0 aliphatic carbocycles. The van der Waals surface area contributed by atoms with Gasteiger partial charge in [0.2, 0.25) is 5.91 Å². The Hall–Kier alpha value is -1.96. The molecule has 1 atom stereocenters. The van der Waals surface area contributed by atoms with Crippen molar-refractivity contribution in [2.75, 3.05) is 16.2 Å². The molecule has 1 aliphatic heterocycles. The number of sulfonamides is 1. The molecular formula is C17H16Cl2N2O4S. The SMILES string of the molecule is CC(=O)N1CC(C)Oc2ccc(S(=O)(=O)Nc3cc(Cl)ccc3Cl)cc21. The summed E-state index contributed by atoms with van der Waals surface area (Å²) in [4.78, 5) is 13.4. The van der Waals surface area contributed by atoms with E-state index in [1.165, 1.54) is 42.2 Å². The van der Waals surface area contributed by atoms with Crippen molar-refractivity contribution in [1.82, 2.24) is 0 Å². The Bertz CT molecular complexity index is 979. The number of ether oxygens (including phenoxy) is 1. The zero-order chi connectivity index (χ0) is 19.1. The number of nitrogens with zero attached hydrogens (tertiary/aromatic N) is 1. The first-order chi connectivity index (χ1) is 12.2. The normalized spacial score (nSPS) is 16.6. The minimum absolute atomic E-state index is 0.0169. The van der Waals surface area contributed by atoms with E-state index >= 15 is 0 Å². The summed E-state index contributed by atoms with van der Waals surface area (Å²) in [7, 11) is -3.94. The van der Waals surface area contributed by atoms with Gasteiger partial charge in [0.25, 0.3) is 10.0 Å². The van der Waals surface area contributed by atoms with Crippen molar-refractivity contribution in [2.45, 2.75) is 24.8 Å². The van der Waals surface area contributed by atoms with E-state index in [1.807, 2.05) is 6.92 Å². The van der Waals surface area contributed by atoms with E-state index in [1.54, 1.807) is 6.07 Å². The highest BCUT2D eigenvalue weighted by Gasteiger charge is 2.28. The molecule has 0 fully saturated rings. The van der Waals surface area contributed by atoms with Gasteiger partial charge >= 0.3 is 0 Å². The largest absolute Gasteiger partial charge is 0.487 e. The molecule has 1 unspecified atom stereocenters. The van der Waals surface area contributed by atoms with Gasteiger partial charge in [-0.25, -0.2) is 8.42 Å². The van der Waals surface area contributed by atoms with Crippen LogP contribution >= 0.6 is 23.2 Å². The molecule has 1 aliphatic rings. The number of nitrogens with one attached hydrogen (secondary N) is 1. The van der Waals surface area contributed by atoms with Crippen LogP contribution in [0.4, 0.5) is 11.4 Å². The van der Waals surface area contributed by atoms with Gasteiger partial charge < -0.3 is 9.64 Å². The number of benzene rings is 2. The molecule has 3 rings (SSSR count). The minimum Gasteiger partial charge on any atom is -0.487 e. The number of hydrogen-bond donors (Lipinski definition) is 1. The Morgan fingerprint density at radius 2 is 1.96 bits per heavy atom. The van der Waals surface area contributed by atoms with Gasteiger partial charge in [-0.3, -0.25) is 9.52 Å². The molecule has 1 N–H and O–H groups in total. The quantitative estimate of drug-likeness (QED) is 0.825. The zero-order valence-electron chi connectivity index (χ0n) is 14.0. The van der Waals surface area contributed by atoms with Crippen LogP contribution in [0.2, 0.25) is 10.0 Å². The van der Waals surface area contributed by atoms with Crippen LogP contribution in [0, 0.1) is 0 Å². The second-order valence-electron chi connectivity index (χ2n) is 5.92. The number of amides is 1. The van der Waals surface area contributed by atoms with Crippen molar-refractivity contribution in [2.24, 2.45) is 0 Å². The number of carbonyl (C=O) groups excluding carboxylic acids is 1. The molecule has 0 saturated carbocycles. The van der Waals surface area contributed by atoms with E-state index in [0.29, 0.717) is 23.0 Å². The van der Waals surface area contributed by atoms with E-state index in [2.05, 4.69) is 4.72 Å². The first kappa shape index (κ1) is 18.8. The van der Waals surface area contributed by atoms with Crippen LogP contribution in [0.15, 0.2) is 41.3 Å². The first-order valence-corrected chi connectivity index (χ1v) is 9.98. The van der Waals surface area contributed by atoms with Crippen molar-refractivity contribution in [1.29, 1.82) is 0 Å². The van der Waals surface area contributed by atoms with E-state index in [0.717, 1.165) is 0 Å². The summed E-state index contributed by atoms with van der Waals surface area (Å²) in [6, 6.07) is 8.84. The molecule has 6 nitrogen and oxygen atoms in total. The smallest absolute Gasteiger partial charge is 0.262 e. The van der Waals surface area contributed by atoms with E-state index in [4.69, 9.17) is 27.9 Å². The number of fused-ring (bicyclic) bond motifs is 1. The van der Waals surface area contributed by atoms with Crippen molar-refractivity contribution in [3.05, 3.63) is 46.4 Å². The van der Waals surface area contributed by atoms with E-state index < -0.39 is 10.0 Å². The Morgan fingerprint density at radius 1 is 1.23 bits per heavy atom. The van der Waals surface area contributed by atoms with Crippen LogP contribution < -0.4 is 14.4 Å². The molecule has 0 saturated heterocycles. The summed E-state index contributed by atoms with van der Waals surface area (Å²) >= 11 is 11.9. The summed E-state index contributed by atoms with van der Waals surface area (Å²) in [5, 5.41) is 0.570. The molecule has 9 heteroatoms. The summed E-state index contributed by atoms with van der Waals surface area (Å²) in [6.07, 6.45) is -0.183. The molecule has 26 heavy (non-hydrogen) atoms. The molecule has 0 aromatic heterocycles. The number of hydrogen-bond acceptors (Lipinski definition) is 4. The maximum Gasteiger partial charge on any atom is 0.262 e. The standard InChI is InChI=1S/C17H16Cl2N2O4S/c1-10-9-21(11(2)22)16-8-13(4-6-17(16)25-10)26(23,24)20-15-7-12(18)3-5-14(15)19/h3-8,10,20H,9H2,1-2H3. The highest BCUT2D eigenvalue weighted by Crippen LogP contribution is 2.36. The lowest BCUT2D eigenvalue weighted by Gasteiger charge is -2.33. The van der Waals surface area contributed by atoms with Gasteiger partial charge in [-0.1, -0.05) is 23.2 Å². The fraction of sp³-hybridized carbons (Fsp3) is 0.235. The summed E-state index contributed by atoms with van der Waals surface area (Å²) in [5.74, 6) is 0.264. The fourth-order valence-electron chi connectivity index (χ4n) is 2.66. The van der Waals surface area contributed by atoms with Gasteiger partial charge in [0.15, 0.2) is 0 Å². The van der Waals surface area contributed by atoms with Gasteiger partial charge in [0, 0.05) is 11.9 Å². The molecule has 2 aromatic rings. The second kappa shape index (κ2) is 6.98. The van der Waals surface area contributed by atoms with Crippen LogP contribution in [0.3, 0.4) is 0 Å². The second-order valence-corrected chi connectivity index (χ2v) is 8.44. The lowest BCUT2D eigenvalue weighted by Crippen LogP contribution is -2.41. The van der Waals surface area contributed by atoms with Gasteiger partial charge in [0.1, 0.15) is 11.9 Å². The Morgan fingerprint density at radius 3 is 2.65 bits per heavy atom. The van der Waals surface area contributed by atoms with Crippen molar-refractivity contribution >= 4 is 50.5 Å². The number of carbonyl (C=O) groups is 1. The predicted molar refractivity (Wildman–Crippen MR) is 102 cm³/mol. The van der Waals surface area contributed by atoms with Gasteiger partial charge in [-0.15, -0.1) is 0 Å².